The number of hydrogen-bond acceptors (Lipinski definition) is 4. The van der Waals surface area contributed by atoms with Gasteiger partial charge in [0, 0.05) is 13.1 Å². The maximum absolute atomic E-state index is 12.3. The average Bonchev–Trinajstić information content (AvgIpc) is 2.48. The highest BCUT2D eigenvalue weighted by Crippen LogP contribution is 2.20. The lowest BCUT2D eigenvalue weighted by Gasteiger charge is -2.34. The largest absolute Gasteiger partial charge is 0.466 e. The van der Waals surface area contributed by atoms with Gasteiger partial charge in [-0.15, -0.1) is 12.4 Å². The van der Waals surface area contributed by atoms with Crippen molar-refractivity contribution in [2.24, 2.45) is 5.92 Å². The second-order valence-electron chi connectivity index (χ2n) is 5.35. The highest BCUT2D eigenvalue weighted by Gasteiger charge is 2.31. The molecule has 5 nitrogen and oxygen atoms in total. The summed E-state index contributed by atoms with van der Waals surface area (Å²) in [5, 5.41) is 3.29. The average molecular weight is 305 g/mol. The van der Waals surface area contributed by atoms with E-state index in [9.17, 15) is 9.59 Å². The first-order chi connectivity index (χ1) is 9.22. The third-order valence-electron chi connectivity index (χ3n) is 4.03. The minimum Gasteiger partial charge on any atom is -0.466 e. The number of hydrogen-bond donors (Lipinski definition) is 1. The number of halogens is 1. The van der Waals surface area contributed by atoms with Crippen LogP contribution in [0.3, 0.4) is 0 Å². The molecule has 1 unspecified atom stereocenters. The minimum atomic E-state index is -0.106. The van der Waals surface area contributed by atoms with Crippen LogP contribution in [0.5, 0.6) is 0 Å². The standard InChI is InChI=1S/C14H24N2O3.ClH/c1-2-19-14(18)11-6-9-16(10-7-11)13(17)12-5-3-4-8-15-12;/h11-12,15H,2-10H2,1H3;1H. The zero-order valence-electron chi connectivity index (χ0n) is 12.1. The Balaban J connectivity index is 0.00000200. The third kappa shape index (κ3) is 4.35. The van der Waals surface area contributed by atoms with Gasteiger partial charge in [-0.05, 0) is 39.2 Å². The summed E-state index contributed by atoms with van der Waals surface area (Å²) in [4.78, 5) is 25.8. The van der Waals surface area contributed by atoms with Crippen molar-refractivity contribution in [3.8, 4) is 0 Å². The Morgan fingerprint density at radius 3 is 2.45 bits per heavy atom. The molecule has 0 aromatic carbocycles. The molecule has 2 saturated heterocycles. The molecule has 2 aliphatic heterocycles. The number of nitrogens with zero attached hydrogens (tertiary/aromatic N) is 1. The van der Waals surface area contributed by atoms with Gasteiger partial charge in [-0.25, -0.2) is 0 Å². The van der Waals surface area contributed by atoms with Crippen LogP contribution in [0.2, 0.25) is 0 Å². The van der Waals surface area contributed by atoms with Crippen LogP contribution >= 0.6 is 12.4 Å². The lowest BCUT2D eigenvalue weighted by atomic mass is 9.95. The molecular weight excluding hydrogens is 280 g/mol. The molecule has 0 saturated carbocycles. The first-order valence-corrected chi connectivity index (χ1v) is 7.41. The van der Waals surface area contributed by atoms with E-state index < -0.39 is 0 Å². The van der Waals surface area contributed by atoms with Crippen LogP contribution in [-0.2, 0) is 14.3 Å². The van der Waals surface area contributed by atoms with Crippen molar-refractivity contribution in [3.05, 3.63) is 0 Å². The predicted octanol–water partition coefficient (Wildman–Crippen LogP) is 1.35. The SMILES string of the molecule is CCOC(=O)C1CCN(C(=O)C2CCCCN2)CC1.Cl. The molecule has 2 heterocycles. The molecule has 2 fully saturated rings. The molecule has 1 amide bonds. The zero-order chi connectivity index (χ0) is 13.7. The fourth-order valence-corrected chi connectivity index (χ4v) is 2.88. The summed E-state index contributed by atoms with van der Waals surface area (Å²) in [6.45, 7) is 4.56. The molecule has 1 atom stereocenters. The Labute approximate surface area is 126 Å². The van der Waals surface area contributed by atoms with E-state index in [1.54, 1.807) is 0 Å². The molecule has 0 radical (unpaired) electrons. The van der Waals surface area contributed by atoms with Gasteiger partial charge in [-0.3, -0.25) is 9.59 Å². The normalized spacial score (nSPS) is 23.9. The number of ether oxygens (including phenoxy) is 1. The molecule has 0 aromatic rings. The highest BCUT2D eigenvalue weighted by molar-refractivity contribution is 5.85. The number of esters is 1. The molecular formula is C14H25ClN2O3. The Bertz CT molecular complexity index is 324. The predicted molar refractivity (Wildman–Crippen MR) is 78.8 cm³/mol. The quantitative estimate of drug-likeness (QED) is 0.800. The first-order valence-electron chi connectivity index (χ1n) is 7.41. The van der Waals surface area contributed by atoms with E-state index in [0.29, 0.717) is 19.7 Å². The van der Waals surface area contributed by atoms with Crippen molar-refractivity contribution in [1.29, 1.82) is 0 Å². The minimum absolute atomic E-state index is 0. The second kappa shape index (κ2) is 8.47. The Kier molecular flexibility index (Phi) is 7.30. The van der Waals surface area contributed by atoms with Crippen LogP contribution in [0.4, 0.5) is 0 Å². The Morgan fingerprint density at radius 1 is 1.20 bits per heavy atom. The van der Waals surface area contributed by atoms with Gasteiger partial charge in [0.1, 0.15) is 0 Å². The van der Waals surface area contributed by atoms with Crippen LogP contribution in [-0.4, -0.2) is 49.1 Å². The fourth-order valence-electron chi connectivity index (χ4n) is 2.88. The molecule has 0 spiro atoms. The number of piperidine rings is 2. The molecule has 0 aliphatic carbocycles. The molecule has 2 aliphatic rings. The van der Waals surface area contributed by atoms with Gasteiger partial charge in [0.2, 0.25) is 5.91 Å². The number of nitrogens with one attached hydrogen (secondary N) is 1. The van der Waals surface area contributed by atoms with E-state index in [4.69, 9.17) is 4.74 Å². The lowest BCUT2D eigenvalue weighted by Crippen LogP contribution is -2.51. The number of amides is 1. The van der Waals surface area contributed by atoms with E-state index in [1.807, 2.05) is 11.8 Å². The van der Waals surface area contributed by atoms with Gasteiger partial charge in [0.05, 0.1) is 18.6 Å². The summed E-state index contributed by atoms with van der Waals surface area (Å²) in [5.74, 6) is 0.0794. The molecule has 0 bridgehead atoms. The molecule has 20 heavy (non-hydrogen) atoms. The van der Waals surface area contributed by atoms with E-state index in [2.05, 4.69) is 5.32 Å². The molecule has 2 rings (SSSR count). The van der Waals surface area contributed by atoms with Gasteiger partial charge in [0.25, 0.3) is 0 Å². The van der Waals surface area contributed by atoms with Gasteiger partial charge in [-0.1, -0.05) is 6.42 Å². The van der Waals surface area contributed by atoms with Gasteiger partial charge in [-0.2, -0.15) is 0 Å². The Morgan fingerprint density at radius 2 is 1.90 bits per heavy atom. The summed E-state index contributed by atoms with van der Waals surface area (Å²) < 4.78 is 5.04. The maximum atomic E-state index is 12.3. The number of carbonyl (C=O) groups is 2. The van der Waals surface area contributed by atoms with Crippen molar-refractivity contribution in [3.63, 3.8) is 0 Å². The first kappa shape index (κ1) is 17.2. The summed E-state index contributed by atoms with van der Waals surface area (Å²) in [7, 11) is 0. The van der Waals surface area contributed by atoms with E-state index in [1.165, 1.54) is 0 Å². The van der Waals surface area contributed by atoms with Crippen LogP contribution in [0.25, 0.3) is 0 Å². The molecule has 6 heteroatoms. The summed E-state index contributed by atoms with van der Waals surface area (Å²) in [5.41, 5.74) is 0. The third-order valence-corrected chi connectivity index (χ3v) is 4.03. The number of rotatable bonds is 3. The van der Waals surface area contributed by atoms with E-state index in [0.717, 1.165) is 38.6 Å². The fraction of sp³-hybridized carbons (Fsp3) is 0.857. The van der Waals surface area contributed by atoms with Crippen molar-refractivity contribution >= 4 is 24.3 Å². The van der Waals surface area contributed by atoms with Crippen molar-refractivity contribution < 1.29 is 14.3 Å². The van der Waals surface area contributed by atoms with Crippen LogP contribution in [0.15, 0.2) is 0 Å². The van der Waals surface area contributed by atoms with Gasteiger partial charge in [0.15, 0.2) is 0 Å². The number of carbonyl (C=O) groups excluding carboxylic acids is 2. The smallest absolute Gasteiger partial charge is 0.309 e. The lowest BCUT2D eigenvalue weighted by molar-refractivity contribution is -0.151. The summed E-state index contributed by atoms with van der Waals surface area (Å²) in [6, 6.07) is -0.00658. The maximum Gasteiger partial charge on any atom is 0.309 e. The van der Waals surface area contributed by atoms with Crippen LogP contribution in [0, 0.1) is 5.92 Å². The number of likely N-dealkylation sites (tertiary alicyclic amines) is 1. The topological polar surface area (TPSA) is 58.6 Å². The van der Waals surface area contributed by atoms with E-state index >= 15 is 0 Å². The van der Waals surface area contributed by atoms with E-state index in [-0.39, 0.29) is 36.2 Å². The van der Waals surface area contributed by atoms with Crippen molar-refractivity contribution in [1.82, 2.24) is 10.2 Å². The van der Waals surface area contributed by atoms with Crippen molar-refractivity contribution in [2.45, 2.75) is 45.1 Å². The molecule has 116 valence electrons. The highest BCUT2D eigenvalue weighted by atomic mass is 35.5. The van der Waals surface area contributed by atoms with Gasteiger partial charge < -0.3 is 15.0 Å². The molecule has 0 aromatic heterocycles. The Hall–Kier alpha value is -0.810. The van der Waals surface area contributed by atoms with Crippen LogP contribution in [0.1, 0.15) is 39.0 Å². The van der Waals surface area contributed by atoms with Crippen molar-refractivity contribution in [2.75, 3.05) is 26.2 Å². The van der Waals surface area contributed by atoms with Gasteiger partial charge >= 0.3 is 5.97 Å². The summed E-state index contributed by atoms with van der Waals surface area (Å²) >= 11 is 0. The monoisotopic (exact) mass is 304 g/mol. The second-order valence-corrected chi connectivity index (χ2v) is 5.35. The summed E-state index contributed by atoms with van der Waals surface area (Å²) in [6.07, 6.45) is 4.70. The zero-order valence-corrected chi connectivity index (χ0v) is 12.9. The van der Waals surface area contributed by atoms with Crippen LogP contribution < -0.4 is 5.32 Å². The molecule has 1 N–H and O–H groups in total.